The van der Waals surface area contributed by atoms with Gasteiger partial charge in [-0.15, -0.1) is 0 Å². The van der Waals surface area contributed by atoms with E-state index in [-0.39, 0.29) is 17.0 Å². The quantitative estimate of drug-likeness (QED) is 0.878. The first-order valence-electron chi connectivity index (χ1n) is 6.28. The number of pyridine rings is 1. The van der Waals surface area contributed by atoms with Crippen molar-refractivity contribution in [3.05, 3.63) is 48.4 Å². The van der Waals surface area contributed by atoms with Gasteiger partial charge in [0.25, 0.3) is 0 Å². The molecular weight excluding hydrogens is 311 g/mol. The first-order chi connectivity index (χ1) is 10.4. The lowest BCUT2D eigenvalue weighted by atomic mass is 10.2. The van der Waals surface area contributed by atoms with Crippen molar-refractivity contribution in [2.45, 2.75) is 4.90 Å². The van der Waals surface area contributed by atoms with Crippen molar-refractivity contribution in [1.82, 2.24) is 10.3 Å². The maximum absolute atomic E-state index is 13.7. The molecule has 1 amide bonds. The zero-order valence-corrected chi connectivity index (χ0v) is 12.2. The van der Waals surface area contributed by atoms with Crippen LogP contribution in [0.5, 0.6) is 0 Å². The van der Waals surface area contributed by atoms with Crippen LogP contribution in [0.25, 0.3) is 10.9 Å². The van der Waals surface area contributed by atoms with Gasteiger partial charge in [0.15, 0.2) is 9.84 Å². The number of hydrogen-bond donors (Lipinski definition) is 2. The van der Waals surface area contributed by atoms with Crippen LogP contribution in [-0.2, 0) is 9.84 Å². The van der Waals surface area contributed by atoms with E-state index >= 15 is 0 Å². The standard InChI is InChI=1S/C14H13FN2O4S/c15-11(6-8-17-14(18)19)9-22(20,21)12-5-1-3-10-4-2-7-16-13(10)12/h1-7,17H,8-9H2,(H,18,19). The summed E-state index contributed by atoms with van der Waals surface area (Å²) in [7, 11) is -3.92. The molecule has 1 aromatic heterocycles. The molecule has 0 atom stereocenters. The van der Waals surface area contributed by atoms with E-state index in [0.29, 0.717) is 5.39 Å². The van der Waals surface area contributed by atoms with Gasteiger partial charge in [-0.3, -0.25) is 4.98 Å². The van der Waals surface area contributed by atoms with Crippen LogP contribution in [0.1, 0.15) is 0 Å². The molecule has 2 N–H and O–H groups in total. The first-order valence-corrected chi connectivity index (χ1v) is 7.93. The van der Waals surface area contributed by atoms with Crippen molar-refractivity contribution in [3.8, 4) is 0 Å². The third-order valence-corrected chi connectivity index (χ3v) is 4.49. The van der Waals surface area contributed by atoms with E-state index < -0.39 is 27.5 Å². The highest BCUT2D eigenvalue weighted by atomic mass is 32.2. The number of nitrogens with one attached hydrogen (secondary N) is 1. The summed E-state index contributed by atoms with van der Waals surface area (Å²) in [5.74, 6) is -1.77. The molecule has 0 fully saturated rings. The van der Waals surface area contributed by atoms with E-state index in [1.807, 2.05) is 5.32 Å². The van der Waals surface area contributed by atoms with Crippen molar-refractivity contribution in [1.29, 1.82) is 0 Å². The molecule has 0 radical (unpaired) electrons. The van der Waals surface area contributed by atoms with Gasteiger partial charge in [0, 0.05) is 18.1 Å². The zero-order chi connectivity index (χ0) is 16.2. The summed E-state index contributed by atoms with van der Waals surface area (Å²) in [6.07, 6.45) is 1.03. The van der Waals surface area contributed by atoms with Gasteiger partial charge >= 0.3 is 6.09 Å². The molecule has 2 rings (SSSR count). The number of aromatic nitrogens is 1. The summed E-state index contributed by atoms with van der Waals surface area (Å²) < 4.78 is 38.3. The lowest BCUT2D eigenvalue weighted by Crippen LogP contribution is -2.21. The predicted molar refractivity (Wildman–Crippen MR) is 79.0 cm³/mol. The number of rotatable bonds is 5. The van der Waals surface area contributed by atoms with Gasteiger partial charge in [-0.25, -0.2) is 17.6 Å². The van der Waals surface area contributed by atoms with Gasteiger partial charge in [0.2, 0.25) is 0 Å². The van der Waals surface area contributed by atoms with E-state index in [4.69, 9.17) is 5.11 Å². The summed E-state index contributed by atoms with van der Waals surface area (Å²) in [5.41, 5.74) is 0.279. The van der Waals surface area contributed by atoms with Crippen LogP contribution in [0.3, 0.4) is 0 Å². The third kappa shape index (κ3) is 3.79. The number of para-hydroxylation sites is 1. The Morgan fingerprint density at radius 2 is 2.05 bits per heavy atom. The van der Waals surface area contributed by atoms with Gasteiger partial charge in [-0.05, 0) is 18.2 Å². The van der Waals surface area contributed by atoms with Gasteiger partial charge in [-0.1, -0.05) is 18.2 Å². The van der Waals surface area contributed by atoms with Crippen LogP contribution >= 0.6 is 0 Å². The Balaban J connectivity index is 2.28. The van der Waals surface area contributed by atoms with Crippen molar-refractivity contribution < 1.29 is 22.7 Å². The Morgan fingerprint density at radius 1 is 1.32 bits per heavy atom. The Bertz CT molecular complexity index is 828. The fourth-order valence-electron chi connectivity index (χ4n) is 1.89. The van der Waals surface area contributed by atoms with Crippen LogP contribution in [0.4, 0.5) is 9.18 Å². The highest BCUT2D eigenvalue weighted by molar-refractivity contribution is 7.91. The average molecular weight is 324 g/mol. The second-order valence-electron chi connectivity index (χ2n) is 4.43. The maximum Gasteiger partial charge on any atom is 0.404 e. The number of carbonyl (C=O) groups is 1. The van der Waals surface area contributed by atoms with Crippen LogP contribution in [0.2, 0.25) is 0 Å². The first kappa shape index (κ1) is 15.9. The number of carboxylic acid groups (broad SMARTS) is 1. The number of halogens is 1. The number of nitrogens with zero attached hydrogens (tertiary/aromatic N) is 1. The molecule has 8 heteroatoms. The second kappa shape index (κ2) is 6.52. The molecule has 0 aliphatic rings. The van der Waals surface area contributed by atoms with Crippen LogP contribution in [-0.4, -0.2) is 36.9 Å². The summed E-state index contributed by atoms with van der Waals surface area (Å²) in [4.78, 5) is 14.2. The molecule has 0 spiro atoms. The highest BCUT2D eigenvalue weighted by Crippen LogP contribution is 2.23. The van der Waals surface area contributed by atoms with Gasteiger partial charge in [0.05, 0.1) is 10.4 Å². The van der Waals surface area contributed by atoms with E-state index in [0.717, 1.165) is 6.08 Å². The van der Waals surface area contributed by atoms with Crippen LogP contribution < -0.4 is 5.32 Å². The average Bonchev–Trinajstić information content (AvgIpc) is 2.45. The molecule has 0 saturated heterocycles. The minimum Gasteiger partial charge on any atom is -0.465 e. The molecule has 0 bridgehead atoms. The van der Waals surface area contributed by atoms with E-state index in [2.05, 4.69) is 4.98 Å². The van der Waals surface area contributed by atoms with Gasteiger partial charge < -0.3 is 10.4 Å². The molecule has 0 aliphatic carbocycles. The molecule has 116 valence electrons. The summed E-state index contributed by atoms with van der Waals surface area (Å²) in [6.45, 7) is -0.301. The summed E-state index contributed by atoms with van der Waals surface area (Å²) >= 11 is 0. The monoisotopic (exact) mass is 324 g/mol. The highest BCUT2D eigenvalue weighted by Gasteiger charge is 2.20. The Labute approximate surface area is 126 Å². The van der Waals surface area contributed by atoms with Crippen molar-refractivity contribution in [2.24, 2.45) is 0 Å². The second-order valence-corrected chi connectivity index (χ2v) is 6.39. The SMILES string of the molecule is O=C(O)NCC=C(F)CS(=O)(=O)c1cccc2cccnc12. The number of hydrogen-bond acceptors (Lipinski definition) is 4. The fraction of sp³-hybridized carbons (Fsp3) is 0.143. The maximum atomic E-state index is 13.7. The topological polar surface area (TPSA) is 96.4 Å². The Hall–Kier alpha value is -2.48. The zero-order valence-electron chi connectivity index (χ0n) is 11.4. The Morgan fingerprint density at radius 3 is 2.77 bits per heavy atom. The fourth-order valence-corrected chi connectivity index (χ4v) is 3.28. The van der Waals surface area contributed by atoms with Crippen molar-refractivity contribution in [3.63, 3.8) is 0 Å². The lowest BCUT2D eigenvalue weighted by molar-refractivity contribution is 0.195. The molecule has 1 heterocycles. The number of amides is 1. The predicted octanol–water partition coefficient (Wildman–Crippen LogP) is 2.13. The van der Waals surface area contributed by atoms with Crippen LogP contribution in [0, 0.1) is 0 Å². The van der Waals surface area contributed by atoms with E-state index in [9.17, 15) is 17.6 Å². The molecule has 0 unspecified atom stereocenters. The molecule has 6 nitrogen and oxygen atoms in total. The Kier molecular flexibility index (Phi) is 4.71. The van der Waals surface area contributed by atoms with Crippen molar-refractivity contribution >= 4 is 26.8 Å². The minimum atomic E-state index is -3.92. The summed E-state index contributed by atoms with van der Waals surface area (Å²) in [5, 5.41) is 10.9. The van der Waals surface area contributed by atoms with E-state index in [1.165, 1.54) is 12.3 Å². The molecule has 22 heavy (non-hydrogen) atoms. The van der Waals surface area contributed by atoms with Gasteiger partial charge in [0.1, 0.15) is 11.6 Å². The molecule has 1 aromatic carbocycles. The lowest BCUT2D eigenvalue weighted by Gasteiger charge is -2.06. The summed E-state index contributed by atoms with van der Waals surface area (Å²) in [6, 6.07) is 8.03. The molecule has 2 aromatic rings. The minimum absolute atomic E-state index is 0.0552. The molecule has 0 aliphatic heterocycles. The third-order valence-electron chi connectivity index (χ3n) is 2.84. The number of benzene rings is 1. The smallest absolute Gasteiger partial charge is 0.404 e. The largest absolute Gasteiger partial charge is 0.465 e. The molecular formula is C14H13FN2O4S. The van der Waals surface area contributed by atoms with Crippen molar-refractivity contribution in [2.75, 3.05) is 12.3 Å². The number of sulfone groups is 1. The van der Waals surface area contributed by atoms with Crippen LogP contribution in [0.15, 0.2) is 53.3 Å². The molecule has 0 saturated carbocycles. The number of fused-ring (bicyclic) bond motifs is 1. The normalized spacial score (nSPS) is 12.3. The van der Waals surface area contributed by atoms with E-state index in [1.54, 1.807) is 24.3 Å². The van der Waals surface area contributed by atoms with Gasteiger partial charge in [-0.2, -0.15) is 0 Å².